The molecule has 2 aliphatic rings. The SMILES string of the molecule is C[C@](O)(CNC(=O)CNC(=O)CC1CCCC1)C1CCCCC1. The van der Waals surface area contributed by atoms with Crippen LogP contribution < -0.4 is 10.6 Å². The maximum Gasteiger partial charge on any atom is 0.239 e. The second-order valence-electron chi connectivity index (χ2n) is 7.60. The van der Waals surface area contributed by atoms with Crippen LogP contribution in [-0.4, -0.2) is 35.6 Å². The minimum absolute atomic E-state index is 0.00625. The fourth-order valence-electron chi connectivity index (χ4n) is 3.94. The van der Waals surface area contributed by atoms with Gasteiger partial charge in [0.2, 0.25) is 11.8 Å². The third-order valence-corrected chi connectivity index (χ3v) is 5.52. The van der Waals surface area contributed by atoms with Crippen molar-refractivity contribution in [2.75, 3.05) is 13.1 Å². The van der Waals surface area contributed by atoms with E-state index in [1.807, 2.05) is 6.92 Å². The van der Waals surface area contributed by atoms with Gasteiger partial charge in [0.05, 0.1) is 12.1 Å². The number of hydrogen-bond acceptors (Lipinski definition) is 3. The number of rotatable bonds is 7. The minimum atomic E-state index is -0.857. The first-order chi connectivity index (χ1) is 11.0. The van der Waals surface area contributed by atoms with Crippen LogP contribution in [0.15, 0.2) is 0 Å². The monoisotopic (exact) mass is 324 g/mol. The molecule has 132 valence electrons. The molecule has 0 radical (unpaired) electrons. The maximum absolute atomic E-state index is 11.9. The highest BCUT2D eigenvalue weighted by Crippen LogP contribution is 2.32. The fourth-order valence-corrected chi connectivity index (χ4v) is 3.94. The van der Waals surface area contributed by atoms with Gasteiger partial charge >= 0.3 is 0 Å². The first-order valence-corrected chi connectivity index (χ1v) is 9.23. The van der Waals surface area contributed by atoms with E-state index >= 15 is 0 Å². The van der Waals surface area contributed by atoms with Crippen LogP contribution in [0.2, 0.25) is 0 Å². The van der Waals surface area contributed by atoms with Gasteiger partial charge in [0.1, 0.15) is 0 Å². The van der Waals surface area contributed by atoms with E-state index in [0.717, 1.165) is 38.5 Å². The summed E-state index contributed by atoms with van der Waals surface area (Å²) in [4.78, 5) is 23.7. The quantitative estimate of drug-likeness (QED) is 0.671. The molecule has 0 aromatic heterocycles. The van der Waals surface area contributed by atoms with Crippen molar-refractivity contribution in [3.63, 3.8) is 0 Å². The van der Waals surface area contributed by atoms with Gasteiger partial charge in [-0.05, 0) is 44.4 Å². The number of hydrogen-bond donors (Lipinski definition) is 3. The van der Waals surface area contributed by atoms with Crippen molar-refractivity contribution in [1.29, 1.82) is 0 Å². The molecule has 5 heteroatoms. The molecule has 0 aromatic rings. The molecule has 0 saturated heterocycles. The van der Waals surface area contributed by atoms with E-state index in [4.69, 9.17) is 0 Å². The highest BCUT2D eigenvalue weighted by molar-refractivity contribution is 5.84. The van der Waals surface area contributed by atoms with Crippen molar-refractivity contribution in [1.82, 2.24) is 10.6 Å². The summed E-state index contributed by atoms with van der Waals surface area (Å²) in [5.41, 5.74) is -0.857. The number of carbonyl (C=O) groups excluding carboxylic acids is 2. The molecule has 2 saturated carbocycles. The average molecular weight is 324 g/mol. The van der Waals surface area contributed by atoms with Gasteiger partial charge in [-0.3, -0.25) is 9.59 Å². The lowest BCUT2D eigenvalue weighted by Crippen LogP contribution is -2.48. The van der Waals surface area contributed by atoms with Gasteiger partial charge in [-0.2, -0.15) is 0 Å². The predicted octanol–water partition coefficient (Wildman–Crippen LogP) is 2.13. The normalized spacial score (nSPS) is 22.5. The van der Waals surface area contributed by atoms with Crippen LogP contribution in [0.4, 0.5) is 0 Å². The molecule has 2 amide bonds. The largest absolute Gasteiger partial charge is 0.388 e. The molecule has 2 aliphatic carbocycles. The molecule has 2 fully saturated rings. The molecule has 0 aliphatic heterocycles. The van der Waals surface area contributed by atoms with Gasteiger partial charge in [-0.15, -0.1) is 0 Å². The summed E-state index contributed by atoms with van der Waals surface area (Å²) in [6, 6.07) is 0. The van der Waals surface area contributed by atoms with Crippen LogP contribution in [0.25, 0.3) is 0 Å². The highest BCUT2D eigenvalue weighted by Gasteiger charge is 2.33. The lowest BCUT2D eigenvalue weighted by Gasteiger charge is -2.35. The van der Waals surface area contributed by atoms with Crippen molar-refractivity contribution in [2.24, 2.45) is 11.8 Å². The van der Waals surface area contributed by atoms with Gasteiger partial charge in [0, 0.05) is 13.0 Å². The predicted molar refractivity (Wildman–Crippen MR) is 89.8 cm³/mol. The number of amides is 2. The summed E-state index contributed by atoms with van der Waals surface area (Å²) in [5.74, 6) is 0.491. The molecule has 0 aromatic carbocycles. The topological polar surface area (TPSA) is 78.4 Å². The Morgan fingerprint density at radius 1 is 0.957 bits per heavy atom. The van der Waals surface area contributed by atoms with Crippen LogP contribution in [0.3, 0.4) is 0 Å². The Bertz CT molecular complexity index is 397. The first-order valence-electron chi connectivity index (χ1n) is 9.23. The molecular formula is C18H32N2O3. The summed E-state index contributed by atoms with van der Waals surface area (Å²) < 4.78 is 0. The zero-order chi connectivity index (χ0) is 16.7. The zero-order valence-corrected chi connectivity index (χ0v) is 14.4. The van der Waals surface area contributed by atoms with Gasteiger partial charge in [0.15, 0.2) is 0 Å². The number of carbonyl (C=O) groups is 2. The standard InChI is InChI=1S/C18H32N2O3/c1-18(23,15-9-3-2-4-10-15)13-20-17(22)12-19-16(21)11-14-7-5-6-8-14/h14-15,23H,2-13H2,1H3,(H,19,21)(H,20,22)/t18-/m0/s1. The lowest BCUT2D eigenvalue weighted by atomic mass is 9.78. The molecule has 2 rings (SSSR count). The second-order valence-corrected chi connectivity index (χ2v) is 7.60. The Morgan fingerprint density at radius 2 is 1.57 bits per heavy atom. The zero-order valence-electron chi connectivity index (χ0n) is 14.4. The lowest BCUT2D eigenvalue weighted by molar-refractivity contribution is -0.127. The number of aliphatic hydroxyl groups is 1. The average Bonchev–Trinajstić information content (AvgIpc) is 3.05. The van der Waals surface area contributed by atoms with E-state index in [9.17, 15) is 14.7 Å². The van der Waals surface area contributed by atoms with Gasteiger partial charge < -0.3 is 15.7 Å². The fraction of sp³-hybridized carbons (Fsp3) is 0.889. The summed E-state index contributed by atoms with van der Waals surface area (Å²) in [5, 5.41) is 16.0. The molecule has 5 nitrogen and oxygen atoms in total. The molecule has 0 spiro atoms. The van der Waals surface area contributed by atoms with E-state index in [-0.39, 0.29) is 30.8 Å². The smallest absolute Gasteiger partial charge is 0.239 e. The molecule has 0 unspecified atom stereocenters. The van der Waals surface area contributed by atoms with Crippen LogP contribution in [0.1, 0.15) is 71.1 Å². The Morgan fingerprint density at radius 3 is 2.22 bits per heavy atom. The third-order valence-electron chi connectivity index (χ3n) is 5.52. The van der Waals surface area contributed by atoms with Crippen molar-refractivity contribution >= 4 is 11.8 Å². The van der Waals surface area contributed by atoms with Gasteiger partial charge in [-0.25, -0.2) is 0 Å². The van der Waals surface area contributed by atoms with Crippen molar-refractivity contribution < 1.29 is 14.7 Å². The van der Waals surface area contributed by atoms with Crippen LogP contribution in [-0.2, 0) is 9.59 Å². The molecular weight excluding hydrogens is 292 g/mol. The number of nitrogens with one attached hydrogen (secondary N) is 2. The Labute approximate surface area is 139 Å². The van der Waals surface area contributed by atoms with Crippen molar-refractivity contribution in [3.05, 3.63) is 0 Å². The van der Waals surface area contributed by atoms with Crippen LogP contribution in [0.5, 0.6) is 0 Å². The Hall–Kier alpha value is -1.10. The first kappa shape index (κ1) is 18.2. The van der Waals surface area contributed by atoms with Crippen molar-refractivity contribution in [2.45, 2.75) is 76.7 Å². The summed E-state index contributed by atoms with van der Waals surface area (Å²) in [6.07, 6.45) is 10.8. The highest BCUT2D eigenvalue weighted by atomic mass is 16.3. The van der Waals surface area contributed by atoms with E-state index < -0.39 is 5.60 Å². The van der Waals surface area contributed by atoms with Crippen LogP contribution >= 0.6 is 0 Å². The van der Waals surface area contributed by atoms with Crippen molar-refractivity contribution in [3.8, 4) is 0 Å². The minimum Gasteiger partial charge on any atom is -0.388 e. The van der Waals surface area contributed by atoms with Crippen LogP contribution in [0, 0.1) is 11.8 Å². The molecule has 23 heavy (non-hydrogen) atoms. The summed E-state index contributed by atoms with van der Waals surface area (Å²) >= 11 is 0. The molecule has 3 N–H and O–H groups in total. The van der Waals surface area contributed by atoms with E-state index in [1.165, 1.54) is 19.3 Å². The Kier molecular flexibility index (Phi) is 6.88. The summed E-state index contributed by atoms with van der Waals surface area (Å²) in [6.45, 7) is 2.07. The van der Waals surface area contributed by atoms with Gasteiger partial charge in [0.25, 0.3) is 0 Å². The maximum atomic E-state index is 11.9. The third kappa shape index (κ3) is 6.13. The second kappa shape index (κ2) is 8.67. The summed E-state index contributed by atoms with van der Waals surface area (Å²) in [7, 11) is 0. The molecule has 1 atom stereocenters. The molecule has 0 heterocycles. The van der Waals surface area contributed by atoms with E-state index in [2.05, 4.69) is 10.6 Å². The van der Waals surface area contributed by atoms with E-state index in [0.29, 0.717) is 12.3 Å². The van der Waals surface area contributed by atoms with E-state index in [1.54, 1.807) is 0 Å². The van der Waals surface area contributed by atoms with Gasteiger partial charge in [-0.1, -0.05) is 32.1 Å². The molecule has 0 bridgehead atoms. The Balaban J connectivity index is 1.62.